The van der Waals surface area contributed by atoms with Crippen molar-refractivity contribution < 1.29 is 19.0 Å². The number of hydrogen-bond acceptors (Lipinski definition) is 2. The van der Waals surface area contributed by atoms with Gasteiger partial charge in [-0.05, 0) is 37.5 Å². The Morgan fingerprint density at radius 3 is 2.61 bits per heavy atom. The van der Waals surface area contributed by atoms with Gasteiger partial charge in [0.15, 0.2) is 0 Å². The van der Waals surface area contributed by atoms with Gasteiger partial charge in [-0.3, -0.25) is 0 Å². The van der Waals surface area contributed by atoms with Gasteiger partial charge in [0.25, 0.3) is 0 Å². The van der Waals surface area contributed by atoms with Gasteiger partial charge in [0, 0.05) is 5.56 Å². The Bertz CT molecular complexity index is 416. The van der Waals surface area contributed by atoms with E-state index < -0.39 is 11.8 Å². The van der Waals surface area contributed by atoms with E-state index in [1.54, 1.807) is 0 Å². The van der Waals surface area contributed by atoms with Crippen molar-refractivity contribution in [1.82, 2.24) is 0 Å². The van der Waals surface area contributed by atoms with E-state index in [-0.39, 0.29) is 23.8 Å². The van der Waals surface area contributed by atoms with E-state index in [0.717, 1.165) is 12.5 Å². The van der Waals surface area contributed by atoms with Gasteiger partial charge < -0.3 is 9.84 Å². The van der Waals surface area contributed by atoms with Crippen LogP contribution < -0.4 is 0 Å². The highest BCUT2D eigenvalue weighted by atomic mass is 19.1. The van der Waals surface area contributed by atoms with Crippen LogP contribution >= 0.6 is 0 Å². The molecule has 0 amide bonds. The number of hydrogen-bond donors (Lipinski definition) is 1. The summed E-state index contributed by atoms with van der Waals surface area (Å²) < 4.78 is 19.0. The molecule has 0 aliphatic carbocycles. The number of rotatable bonds is 6. The van der Waals surface area contributed by atoms with Crippen LogP contribution in [-0.2, 0) is 11.3 Å². The van der Waals surface area contributed by atoms with Gasteiger partial charge >= 0.3 is 5.97 Å². The summed E-state index contributed by atoms with van der Waals surface area (Å²) in [5, 5.41) is 8.83. The smallest absolute Gasteiger partial charge is 0.335 e. The molecule has 0 saturated heterocycles. The SMILES string of the molecule is CC(C)CC(C)OCc1cc(C(=O)O)ccc1F. The van der Waals surface area contributed by atoms with Crippen LogP contribution in [0, 0.1) is 11.7 Å². The topological polar surface area (TPSA) is 46.5 Å². The predicted molar refractivity (Wildman–Crippen MR) is 67.1 cm³/mol. The van der Waals surface area contributed by atoms with Crippen LogP contribution in [0.1, 0.15) is 43.1 Å². The lowest BCUT2D eigenvalue weighted by Crippen LogP contribution is -2.12. The minimum atomic E-state index is -1.06. The lowest BCUT2D eigenvalue weighted by molar-refractivity contribution is 0.0382. The van der Waals surface area contributed by atoms with Crippen molar-refractivity contribution in [2.24, 2.45) is 5.92 Å². The Kier molecular flexibility index (Phi) is 5.28. The van der Waals surface area contributed by atoms with E-state index in [9.17, 15) is 9.18 Å². The van der Waals surface area contributed by atoms with Gasteiger partial charge in [0.1, 0.15) is 5.82 Å². The maximum Gasteiger partial charge on any atom is 0.335 e. The molecule has 18 heavy (non-hydrogen) atoms. The van der Waals surface area contributed by atoms with Gasteiger partial charge in [0.2, 0.25) is 0 Å². The first-order valence-corrected chi connectivity index (χ1v) is 6.03. The lowest BCUT2D eigenvalue weighted by atomic mass is 10.1. The number of carbonyl (C=O) groups is 1. The molecule has 4 heteroatoms. The van der Waals surface area contributed by atoms with Crippen molar-refractivity contribution in [1.29, 1.82) is 0 Å². The van der Waals surface area contributed by atoms with E-state index in [1.165, 1.54) is 12.1 Å². The molecule has 0 aliphatic rings. The Morgan fingerprint density at radius 2 is 2.06 bits per heavy atom. The molecule has 1 unspecified atom stereocenters. The molecule has 0 fully saturated rings. The van der Waals surface area contributed by atoms with E-state index in [4.69, 9.17) is 9.84 Å². The Balaban J connectivity index is 2.66. The minimum Gasteiger partial charge on any atom is -0.478 e. The van der Waals surface area contributed by atoms with Crippen LogP contribution in [0.15, 0.2) is 18.2 Å². The monoisotopic (exact) mass is 254 g/mol. The Hall–Kier alpha value is -1.42. The molecule has 0 radical (unpaired) electrons. The fourth-order valence-electron chi connectivity index (χ4n) is 1.78. The van der Waals surface area contributed by atoms with Crippen molar-refractivity contribution in [3.63, 3.8) is 0 Å². The molecule has 0 aromatic heterocycles. The largest absolute Gasteiger partial charge is 0.478 e. The van der Waals surface area contributed by atoms with E-state index >= 15 is 0 Å². The van der Waals surface area contributed by atoms with E-state index in [0.29, 0.717) is 5.92 Å². The molecule has 3 nitrogen and oxygen atoms in total. The van der Waals surface area contributed by atoms with Crippen molar-refractivity contribution in [3.8, 4) is 0 Å². The second kappa shape index (κ2) is 6.50. The highest BCUT2D eigenvalue weighted by Crippen LogP contribution is 2.15. The Labute approximate surface area is 107 Å². The third-order valence-electron chi connectivity index (χ3n) is 2.62. The summed E-state index contributed by atoms with van der Waals surface area (Å²) in [6.45, 7) is 6.21. The second-order valence-electron chi connectivity index (χ2n) is 4.86. The molecule has 1 N–H and O–H groups in total. The summed E-state index contributed by atoms with van der Waals surface area (Å²) in [4.78, 5) is 10.8. The molecule has 1 aromatic rings. The highest BCUT2D eigenvalue weighted by Gasteiger charge is 2.11. The normalized spacial score (nSPS) is 12.7. The van der Waals surface area contributed by atoms with Gasteiger partial charge in [-0.15, -0.1) is 0 Å². The number of halogens is 1. The standard InChI is InChI=1S/C14H19FO3/c1-9(2)6-10(3)18-8-12-7-11(14(16)17)4-5-13(12)15/h4-5,7,9-10H,6,8H2,1-3H3,(H,16,17). The van der Waals surface area contributed by atoms with Crippen LogP contribution in [0.3, 0.4) is 0 Å². The molecular formula is C14H19FO3. The zero-order valence-corrected chi connectivity index (χ0v) is 10.9. The Morgan fingerprint density at radius 1 is 1.39 bits per heavy atom. The fourth-order valence-corrected chi connectivity index (χ4v) is 1.78. The third kappa shape index (κ3) is 4.45. The summed E-state index contributed by atoms with van der Waals surface area (Å²) in [5.74, 6) is -0.988. The van der Waals surface area contributed by atoms with Crippen molar-refractivity contribution >= 4 is 5.97 Å². The van der Waals surface area contributed by atoms with Gasteiger partial charge in [-0.25, -0.2) is 9.18 Å². The van der Waals surface area contributed by atoms with Crippen LogP contribution in [0.2, 0.25) is 0 Å². The summed E-state index contributed by atoms with van der Waals surface area (Å²) >= 11 is 0. The van der Waals surface area contributed by atoms with Gasteiger partial charge in [0.05, 0.1) is 18.3 Å². The van der Waals surface area contributed by atoms with Crippen LogP contribution in [0.25, 0.3) is 0 Å². The number of ether oxygens (including phenoxy) is 1. The molecule has 0 aliphatic heterocycles. The average Bonchev–Trinajstić information content (AvgIpc) is 2.26. The summed E-state index contributed by atoms with van der Waals surface area (Å²) in [7, 11) is 0. The summed E-state index contributed by atoms with van der Waals surface area (Å²) in [6, 6.07) is 3.73. The molecule has 1 rings (SSSR count). The van der Waals surface area contributed by atoms with Crippen molar-refractivity contribution in [2.45, 2.75) is 39.9 Å². The molecule has 0 saturated carbocycles. The number of carboxylic acids is 1. The first-order chi connectivity index (χ1) is 8.40. The second-order valence-corrected chi connectivity index (χ2v) is 4.86. The van der Waals surface area contributed by atoms with E-state index in [1.807, 2.05) is 6.92 Å². The van der Waals surface area contributed by atoms with Crippen LogP contribution in [-0.4, -0.2) is 17.2 Å². The molecule has 0 bridgehead atoms. The summed E-state index contributed by atoms with van der Waals surface area (Å²) in [5.41, 5.74) is 0.358. The van der Waals surface area contributed by atoms with E-state index in [2.05, 4.69) is 13.8 Å². The summed E-state index contributed by atoms with van der Waals surface area (Å²) in [6.07, 6.45) is 0.915. The molecular weight excluding hydrogens is 235 g/mol. The fraction of sp³-hybridized carbons (Fsp3) is 0.500. The lowest BCUT2D eigenvalue weighted by Gasteiger charge is -2.15. The quantitative estimate of drug-likeness (QED) is 0.845. The molecule has 0 heterocycles. The van der Waals surface area contributed by atoms with Crippen molar-refractivity contribution in [2.75, 3.05) is 0 Å². The van der Waals surface area contributed by atoms with Gasteiger partial charge in [-0.2, -0.15) is 0 Å². The predicted octanol–water partition coefficient (Wildman–Crippen LogP) is 3.48. The minimum absolute atomic E-state index is 0.0258. The first-order valence-electron chi connectivity index (χ1n) is 6.03. The zero-order valence-electron chi connectivity index (χ0n) is 10.9. The third-order valence-corrected chi connectivity index (χ3v) is 2.62. The average molecular weight is 254 g/mol. The van der Waals surface area contributed by atoms with Gasteiger partial charge in [-0.1, -0.05) is 13.8 Å². The number of carboxylic acid groups (broad SMARTS) is 1. The number of benzene rings is 1. The van der Waals surface area contributed by atoms with Crippen LogP contribution in [0.5, 0.6) is 0 Å². The number of aromatic carboxylic acids is 1. The molecule has 0 spiro atoms. The highest BCUT2D eigenvalue weighted by molar-refractivity contribution is 5.87. The maximum atomic E-state index is 13.5. The van der Waals surface area contributed by atoms with Crippen molar-refractivity contribution in [3.05, 3.63) is 35.1 Å². The molecule has 100 valence electrons. The van der Waals surface area contributed by atoms with Crippen LogP contribution in [0.4, 0.5) is 4.39 Å². The zero-order chi connectivity index (χ0) is 13.7. The first kappa shape index (κ1) is 14.6. The molecule has 1 aromatic carbocycles. The maximum absolute atomic E-state index is 13.5. The molecule has 1 atom stereocenters.